The summed E-state index contributed by atoms with van der Waals surface area (Å²) in [6.45, 7) is 5.54. The molecular formula is C10H17N3S. The molecule has 1 aromatic rings. The number of thiophene rings is 1. The van der Waals surface area contributed by atoms with Crippen LogP contribution < -0.4 is 5.43 Å². The quantitative estimate of drug-likeness (QED) is 0.804. The van der Waals surface area contributed by atoms with Gasteiger partial charge in [0.15, 0.2) is 0 Å². The van der Waals surface area contributed by atoms with E-state index >= 15 is 0 Å². The van der Waals surface area contributed by atoms with Crippen LogP contribution in [0.4, 0.5) is 0 Å². The number of rotatable bonds is 3. The molecule has 3 nitrogen and oxygen atoms in total. The maximum atomic E-state index is 3.46. The maximum Gasteiger partial charge on any atom is 0.0361 e. The number of nitrogens with zero attached hydrogens (tertiary/aromatic N) is 2. The van der Waals surface area contributed by atoms with Crippen LogP contribution in [0.2, 0.25) is 0 Å². The maximum absolute atomic E-state index is 3.46. The van der Waals surface area contributed by atoms with Crippen molar-refractivity contribution in [3.05, 3.63) is 22.4 Å². The molecule has 0 bridgehead atoms. The molecule has 0 saturated carbocycles. The molecule has 0 atom stereocenters. The standard InChI is InChI=1S/C10H17N3S/c1-12-3-5-13(6-4-12)11-8-10-2-7-14-9-10/h2,7,9,11H,3-6,8H2,1H3. The molecule has 1 aliphatic heterocycles. The molecule has 2 heterocycles. The van der Waals surface area contributed by atoms with E-state index in [1.807, 2.05) is 0 Å². The Morgan fingerprint density at radius 2 is 2.14 bits per heavy atom. The Morgan fingerprint density at radius 1 is 1.36 bits per heavy atom. The average Bonchev–Trinajstić information content (AvgIpc) is 2.70. The van der Waals surface area contributed by atoms with E-state index in [1.54, 1.807) is 11.3 Å². The van der Waals surface area contributed by atoms with Gasteiger partial charge in [-0.1, -0.05) is 0 Å². The molecule has 0 aromatic carbocycles. The van der Waals surface area contributed by atoms with Crippen molar-refractivity contribution in [3.8, 4) is 0 Å². The molecule has 14 heavy (non-hydrogen) atoms. The molecule has 0 unspecified atom stereocenters. The van der Waals surface area contributed by atoms with Crippen LogP contribution in [0.1, 0.15) is 5.56 Å². The van der Waals surface area contributed by atoms with Crippen molar-refractivity contribution in [2.24, 2.45) is 0 Å². The SMILES string of the molecule is CN1CCN(NCc2ccsc2)CC1. The number of hydrogen-bond donors (Lipinski definition) is 1. The van der Waals surface area contributed by atoms with E-state index in [0.717, 1.165) is 32.7 Å². The predicted octanol–water partition coefficient (Wildman–Crippen LogP) is 1.00. The van der Waals surface area contributed by atoms with Crippen molar-refractivity contribution >= 4 is 11.3 Å². The lowest BCUT2D eigenvalue weighted by Crippen LogP contribution is -2.50. The lowest BCUT2D eigenvalue weighted by atomic mass is 10.3. The van der Waals surface area contributed by atoms with E-state index in [0.29, 0.717) is 0 Å². The Morgan fingerprint density at radius 3 is 2.79 bits per heavy atom. The fourth-order valence-corrected chi connectivity index (χ4v) is 2.23. The summed E-state index contributed by atoms with van der Waals surface area (Å²) in [6.07, 6.45) is 0. The number of piperazine rings is 1. The number of likely N-dealkylation sites (N-methyl/N-ethyl adjacent to an activating group) is 1. The highest BCUT2D eigenvalue weighted by Crippen LogP contribution is 2.05. The third-order valence-corrected chi connectivity index (χ3v) is 3.32. The summed E-state index contributed by atoms with van der Waals surface area (Å²) in [4.78, 5) is 2.36. The number of nitrogens with one attached hydrogen (secondary N) is 1. The van der Waals surface area contributed by atoms with Gasteiger partial charge in [-0.2, -0.15) is 11.3 Å². The fourth-order valence-electron chi connectivity index (χ4n) is 1.56. The van der Waals surface area contributed by atoms with E-state index in [4.69, 9.17) is 0 Å². The van der Waals surface area contributed by atoms with Crippen molar-refractivity contribution in [2.45, 2.75) is 6.54 Å². The summed E-state index contributed by atoms with van der Waals surface area (Å²) in [6, 6.07) is 2.17. The molecule has 1 N–H and O–H groups in total. The largest absolute Gasteiger partial charge is 0.304 e. The molecule has 4 heteroatoms. The van der Waals surface area contributed by atoms with Gasteiger partial charge in [-0.3, -0.25) is 5.43 Å². The van der Waals surface area contributed by atoms with Gasteiger partial charge in [-0.15, -0.1) is 0 Å². The van der Waals surface area contributed by atoms with Crippen LogP contribution in [0.3, 0.4) is 0 Å². The van der Waals surface area contributed by atoms with Crippen molar-refractivity contribution in [1.82, 2.24) is 15.3 Å². The Kier molecular flexibility index (Phi) is 3.53. The Hall–Kier alpha value is -0.420. The first-order chi connectivity index (χ1) is 6.84. The second kappa shape index (κ2) is 4.89. The van der Waals surface area contributed by atoms with Crippen LogP contribution >= 0.6 is 11.3 Å². The van der Waals surface area contributed by atoms with E-state index in [-0.39, 0.29) is 0 Å². The van der Waals surface area contributed by atoms with Crippen LogP contribution in [-0.4, -0.2) is 43.1 Å². The molecule has 0 spiro atoms. The fraction of sp³-hybridized carbons (Fsp3) is 0.600. The van der Waals surface area contributed by atoms with E-state index in [1.165, 1.54) is 5.56 Å². The summed E-state index contributed by atoms with van der Waals surface area (Å²) in [5, 5.41) is 6.64. The number of hydrazine groups is 1. The van der Waals surface area contributed by atoms with Gasteiger partial charge >= 0.3 is 0 Å². The van der Waals surface area contributed by atoms with Gasteiger partial charge in [-0.25, -0.2) is 5.01 Å². The van der Waals surface area contributed by atoms with Crippen LogP contribution in [0, 0.1) is 0 Å². The predicted molar refractivity (Wildman–Crippen MR) is 60.2 cm³/mol. The zero-order chi connectivity index (χ0) is 9.80. The van der Waals surface area contributed by atoms with Gasteiger partial charge in [0.05, 0.1) is 0 Å². The Labute approximate surface area is 89.3 Å². The summed E-state index contributed by atoms with van der Waals surface area (Å²) in [5.74, 6) is 0. The zero-order valence-corrected chi connectivity index (χ0v) is 9.39. The third-order valence-electron chi connectivity index (χ3n) is 2.59. The molecule has 1 fully saturated rings. The van der Waals surface area contributed by atoms with Crippen molar-refractivity contribution in [3.63, 3.8) is 0 Å². The van der Waals surface area contributed by atoms with Gasteiger partial charge in [0.2, 0.25) is 0 Å². The minimum Gasteiger partial charge on any atom is -0.304 e. The second-order valence-corrected chi connectivity index (χ2v) is 4.54. The first-order valence-electron chi connectivity index (χ1n) is 5.02. The van der Waals surface area contributed by atoms with Gasteiger partial charge in [0.25, 0.3) is 0 Å². The highest BCUT2D eigenvalue weighted by molar-refractivity contribution is 7.07. The van der Waals surface area contributed by atoms with Crippen LogP contribution in [-0.2, 0) is 6.54 Å². The monoisotopic (exact) mass is 211 g/mol. The van der Waals surface area contributed by atoms with Crippen molar-refractivity contribution < 1.29 is 0 Å². The number of hydrogen-bond acceptors (Lipinski definition) is 4. The summed E-state index contributed by atoms with van der Waals surface area (Å²) >= 11 is 1.76. The van der Waals surface area contributed by atoms with E-state index < -0.39 is 0 Å². The molecule has 1 aliphatic rings. The van der Waals surface area contributed by atoms with Crippen LogP contribution in [0.5, 0.6) is 0 Å². The zero-order valence-electron chi connectivity index (χ0n) is 8.57. The molecule has 78 valence electrons. The molecule has 0 radical (unpaired) electrons. The summed E-state index contributed by atoms with van der Waals surface area (Å²) < 4.78 is 0. The lowest BCUT2D eigenvalue weighted by Gasteiger charge is -2.32. The summed E-state index contributed by atoms with van der Waals surface area (Å²) in [7, 11) is 2.18. The van der Waals surface area contributed by atoms with Gasteiger partial charge in [0.1, 0.15) is 0 Å². The Balaban J connectivity index is 1.71. The minimum atomic E-state index is 0.965. The normalized spacial score (nSPS) is 20.1. The van der Waals surface area contributed by atoms with Gasteiger partial charge < -0.3 is 4.90 Å². The van der Waals surface area contributed by atoms with Gasteiger partial charge in [-0.05, 0) is 29.4 Å². The van der Waals surface area contributed by atoms with Crippen LogP contribution in [0.25, 0.3) is 0 Å². The second-order valence-electron chi connectivity index (χ2n) is 3.76. The topological polar surface area (TPSA) is 18.5 Å². The smallest absolute Gasteiger partial charge is 0.0361 e. The molecule has 2 rings (SSSR count). The molecule has 1 saturated heterocycles. The highest BCUT2D eigenvalue weighted by atomic mass is 32.1. The van der Waals surface area contributed by atoms with E-state index in [9.17, 15) is 0 Å². The van der Waals surface area contributed by atoms with E-state index in [2.05, 4.69) is 39.2 Å². The first-order valence-corrected chi connectivity index (χ1v) is 5.97. The molecule has 0 aliphatic carbocycles. The Bertz CT molecular complexity index is 252. The van der Waals surface area contributed by atoms with Crippen molar-refractivity contribution in [1.29, 1.82) is 0 Å². The average molecular weight is 211 g/mol. The van der Waals surface area contributed by atoms with Crippen LogP contribution in [0.15, 0.2) is 16.8 Å². The minimum absolute atomic E-state index is 0.965. The first kappa shape index (κ1) is 10.1. The molecular weight excluding hydrogens is 194 g/mol. The van der Waals surface area contributed by atoms with Crippen molar-refractivity contribution in [2.75, 3.05) is 33.2 Å². The molecule has 0 amide bonds. The lowest BCUT2D eigenvalue weighted by molar-refractivity contribution is 0.102. The molecule has 1 aromatic heterocycles. The third kappa shape index (κ3) is 2.78. The summed E-state index contributed by atoms with van der Waals surface area (Å²) in [5.41, 5.74) is 4.84. The van der Waals surface area contributed by atoms with Gasteiger partial charge in [0, 0.05) is 32.7 Å². The highest BCUT2D eigenvalue weighted by Gasteiger charge is 2.12.